The number of hydrogen-bond acceptors (Lipinski definition) is 5. The van der Waals surface area contributed by atoms with Gasteiger partial charge in [0, 0.05) is 6.42 Å². The number of rotatable bonds is 5. The minimum absolute atomic E-state index is 0.0473. The van der Waals surface area contributed by atoms with Crippen molar-refractivity contribution in [3.63, 3.8) is 0 Å². The molecule has 35 heavy (non-hydrogen) atoms. The van der Waals surface area contributed by atoms with Gasteiger partial charge in [0.25, 0.3) is 0 Å². The monoisotopic (exact) mass is 490 g/mol. The molecule has 5 aliphatic carbocycles. The Bertz CT molecular complexity index is 764. The first kappa shape index (κ1) is 26.0. The molecule has 5 heteroatoms. The van der Waals surface area contributed by atoms with Crippen LogP contribution < -0.4 is 0 Å². The molecule has 0 aromatic carbocycles. The van der Waals surface area contributed by atoms with Crippen LogP contribution in [0.25, 0.3) is 0 Å². The fraction of sp³-hybridized carbons (Fsp3) is 0.967. The molecule has 11 atom stereocenters. The lowest BCUT2D eigenvalue weighted by Crippen LogP contribution is -2.62. The Morgan fingerprint density at radius 3 is 2.43 bits per heavy atom. The molecule has 11 unspecified atom stereocenters. The van der Waals surface area contributed by atoms with Crippen molar-refractivity contribution in [2.75, 3.05) is 0 Å². The van der Waals surface area contributed by atoms with Gasteiger partial charge in [0.05, 0.1) is 18.3 Å². The Morgan fingerprint density at radius 2 is 1.69 bits per heavy atom. The molecule has 0 radical (unpaired) electrons. The highest BCUT2D eigenvalue weighted by atomic mass is 16.5. The summed E-state index contributed by atoms with van der Waals surface area (Å²) in [6.07, 6.45) is 12.5. The summed E-state index contributed by atoms with van der Waals surface area (Å²) in [4.78, 5) is 12.6. The topological polar surface area (TPSA) is 87.0 Å². The van der Waals surface area contributed by atoms with Crippen LogP contribution in [0.4, 0.5) is 0 Å². The molecule has 0 aromatic rings. The van der Waals surface area contributed by atoms with E-state index in [4.69, 9.17) is 4.74 Å². The van der Waals surface area contributed by atoms with Crippen molar-refractivity contribution in [3.8, 4) is 0 Å². The molecular weight excluding hydrogens is 440 g/mol. The zero-order valence-electron chi connectivity index (χ0n) is 22.3. The van der Waals surface area contributed by atoms with Gasteiger partial charge < -0.3 is 20.1 Å². The summed E-state index contributed by atoms with van der Waals surface area (Å²) in [5, 5.41) is 33.4. The summed E-state index contributed by atoms with van der Waals surface area (Å²) >= 11 is 0. The van der Waals surface area contributed by atoms with Gasteiger partial charge in [0.1, 0.15) is 6.10 Å². The van der Waals surface area contributed by atoms with Crippen LogP contribution in [0, 0.1) is 46.3 Å². The molecule has 200 valence electrons. The minimum Gasteiger partial charge on any atom is -0.462 e. The molecule has 0 aliphatic heterocycles. The van der Waals surface area contributed by atoms with E-state index >= 15 is 0 Å². The molecule has 3 N–H and O–H groups in total. The molecule has 5 nitrogen and oxygen atoms in total. The lowest BCUT2D eigenvalue weighted by Gasteiger charge is -2.63. The van der Waals surface area contributed by atoms with E-state index in [0.717, 1.165) is 64.2 Å². The van der Waals surface area contributed by atoms with Gasteiger partial charge in [-0.25, -0.2) is 0 Å². The molecule has 0 heterocycles. The van der Waals surface area contributed by atoms with Gasteiger partial charge in [-0.2, -0.15) is 0 Å². The van der Waals surface area contributed by atoms with Crippen molar-refractivity contribution in [1.82, 2.24) is 0 Å². The second-order valence-corrected chi connectivity index (χ2v) is 13.8. The van der Waals surface area contributed by atoms with E-state index in [9.17, 15) is 20.1 Å². The van der Waals surface area contributed by atoms with Gasteiger partial charge in [0.2, 0.25) is 0 Å². The Morgan fingerprint density at radius 1 is 0.943 bits per heavy atom. The highest BCUT2D eigenvalue weighted by Crippen LogP contribution is 2.68. The molecule has 5 fully saturated rings. The first-order valence-electron chi connectivity index (χ1n) is 14.9. The van der Waals surface area contributed by atoms with Crippen molar-refractivity contribution < 1.29 is 24.9 Å². The van der Waals surface area contributed by atoms with E-state index in [2.05, 4.69) is 20.8 Å². The molecular formula is C30H50O5. The maximum atomic E-state index is 12.6. The molecule has 0 saturated heterocycles. The summed E-state index contributed by atoms with van der Waals surface area (Å²) in [5.74, 6) is 1.93. The standard InChI is InChI=1S/C30H50O5/c1-18(9-12-27(34)35-21-7-5-4-6-8-21)22-10-11-23-28-24(17-26(33)30(22,23)3)29(2)14-13-20(31)15-19(29)16-25(28)32/h18-26,28,31-33H,4-17H2,1-3H3. The predicted octanol–water partition coefficient (Wildman–Crippen LogP) is 5.24. The number of hydrogen-bond donors (Lipinski definition) is 3. The minimum atomic E-state index is -0.368. The zero-order chi connectivity index (χ0) is 25.0. The van der Waals surface area contributed by atoms with E-state index in [0.29, 0.717) is 36.0 Å². The number of aliphatic hydroxyl groups is 3. The van der Waals surface area contributed by atoms with Crippen LogP contribution >= 0.6 is 0 Å². The number of carbonyl (C=O) groups is 1. The van der Waals surface area contributed by atoms with E-state index < -0.39 is 0 Å². The van der Waals surface area contributed by atoms with Crippen molar-refractivity contribution in [3.05, 3.63) is 0 Å². The first-order valence-corrected chi connectivity index (χ1v) is 14.9. The lowest BCUT2D eigenvalue weighted by atomic mass is 9.43. The Labute approximate surface area is 212 Å². The average Bonchev–Trinajstić information content (AvgIpc) is 3.18. The molecule has 0 aromatic heterocycles. The zero-order valence-corrected chi connectivity index (χ0v) is 22.3. The number of esters is 1. The average molecular weight is 491 g/mol. The SMILES string of the molecule is CC(CCC(=O)OC1CCCCC1)C1CCC2C3C(O)CC4CC(O)CCC4(C)C3CC(O)C12C. The van der Waals surface area contributed by atoms with E-state index in [1.54, 1.807) is 0 Å². The van der Waals surface area contributed by atoms with Gasteiger partial charge in [-0.3, -0.25) is 4.79 Å². The van der Waals surface area contributed by atoms with Crippen LogP contribution in [0.5, 0.6) is 0 Å². The molecule has 5 saturated carbocycles. The lowest BCUT2D eigenvalue weighted by molar-refractivity contribution is -0.207. The van der Waals surface area contributed by atoms with Gasteiger partial charge in [0.15, 0.2) is 0 Å². The summed E-state index contributed by atoms with van der Waals surface area (Å²) in [6, 6.07) is 0. The van der Waals surface area contributed by atoms with Gasteiger partial charge >= 0.3 is 5.97 Å². The quantitative estimate of drug-likeness (QED) is 0.459. The van der Waals surface area contributed by atoms with Gasteiger partial charge in [-0.15, -0.1) is 0 Å². The predicted molar refractivity (Wildman–Crippen MR) is 135 cm³/mol. The van der Waals surface area contributed by atoms with Crippen LogP contribution in [0.3, 0.4) is 0 Å². The first-order chi connectivity index (χ1) is 16.6. The normalized spacial score (nSPS) is 49.0. The van der Waals surface area contributed by atoms with Crippen LogP contribution in [0.15, 0.2) is 0 Å². The summed E-state index contributed by atoms with van der Waals surface area (Å²) < 4.78 is 5.77. The third-order valence-electron chi connectivity index (χ3n) is 12.2. The smallest absolute Gasteiger partial charge is 0.306 e. The number of fused-ring (bicyclic) bond motifs is 5. The van der Waals surface area contributed by atoms with Crippen molar-refractivity contribution in [2.24, 2.45) is 46.3 Å². The fourth-order valence-electron chi connectivity index (χ4n) is 10.1. The van der Waals surface area contributed by atoms with Crippen LogP contribution in [0.1, 0.15) is 111 Å². The third-order valence-corrected chi connectivity index (χ3v) is 12.2. The second-order valence-electron chi connectivity index (χ2n) is 13.8. The molecule has 0 bridgehead atoms. The highest BCUT2D eigenvalue weighted by molar-refractivity contribution is 5.69. The number of ether oxygens (including phenoxy) is 1. The molecule has 0 spiro atoms. The number of carbonyl (C=O) groups excluding carboxylic acids is 1. The van der Waals surface area contributed by atoms with Crippen molar-refractivity contribution in [1.29, 1.82) is 0 Å². The van der Waals surface area contributed by atoms with Gasteiger partial charge in [-0.1, -0.05) is 27.2 Å². The summed E-state index contributed by atoms with van der Waals surface area (Å²) in [6.45, 7) is 6.94. The Kier molecular flexibility index (Phi) is 7.35. The van der Waals surface area contributed by atoms with E-state index in [1.807, 2.05) is 0 Å². The third kappa shape index (κ3) is 4.50. The molecule has 5 aliphatic rings. The largest absolute Gasteiger partial charge is 0.462 e. The second kappa shape index (κ2) is 9.91. The maximum Gasteiger partial charge on any atom is 0.306 e. The Hall–Kier alpha value is -0.650. The number of aliphatic hydroxyl groups excluding tert-OH is 3. The van der Waals surface area contributed by atoms with Crippen molar-refractivity contribution in [2.45, 2.75) is 135 Å². The van der Waals surface area contributed by atoms with Crippen molar-refractivity contribution >= 4 is 5.97 Å². The van der Waals surface area contributed by atoms with Crippen LogP contribution in [-0.2, 0) is 9.53 Å². The summed E-state index contributed by atoms with van der Waals surface area (Å²) in [5.41, 5.74) is -0.0930. The Balaban J connectivity index is 1.26. The summed E-state index contributed by atoms with van der Waals surface area (Å²) in [7, 11) is 0. The fourth-order valence-corrected chi connectivity index (χ4v) is 10.1. The van der Waals surface area contributed by atoms with Crippen LogP contribution in [-0.4, -0.2) is 45.7 Å². The highest BCUT2D eigenvalue weighted by Gasteiger charge is 2.65. The van der Waals surface area contributed by atoms with Gasteiger partial charge in [-0.05, 0) is 123 Å². The molecule has 0 amide bonds. The van der Waals surface area contributed by atoms with E-state index in [-0.39, 0.29) is 47.1 Å². The molecule has 5 rings (SSSR count). The maximum absolute atomic E-state index is 12.6. The van der Waals surface area contributed by atoms with Crippen LogP contribution in [0.2, 0.25) is 0 Å². The van der Waals surface area contributed by atoms with E-state index in [1.165, 1.54) is 19.3 Å².